The molecule has 0 unspecified atom stereocenters. The molecule has 0 spiro atoms. The Kier molecular flexibility index (Phi) is 5.33. The first-order valence-corrected chi connectivity index (χ1v) is 9.23. The number of nitrogens with zero attached hydrogens (tertiary/aromatic N) is 2. The van der Waals surface area contributed by atoms with Crippen LogP contribution in [-0.4, -0.2) is 21.1 Å². The zero-order valence-electron chi connectivity index (χ0n) is 15.9. The van der Waals surface area contributed by atoms with Gasteiger partial charge in [0.25, 0.3) is 5.91 Å². The molecule has 0 saturated heterocycles. The summed E-state index contributed by atoms with van der Waals surface area (Å²) in [7, 11) is 0. The average Bonchev–Trinajstić information content (AvgIpc) is 3.30. The number of H-pyrrole nitrogens is 1. The van der Waals surface area contributed by atoms with Crippen molar-refractivity contribution in [1.29, 1.82) is 0 Å². The maximum atomic E-state index is 12.7. The SMILES string of the molecule is Cc1ccc(-c2cn[nH]c2)cc1NC(=O)c1ccc(OCc2ccccn2)cc1. The van der Waals surface area contributed by atoms with E-state index in [1.54, 1.807) is 36.7 Å². The molecule has 1 amide bonds. The van der Waals surface area contributed by atoms with Crippen LogP contribution in [0.4, 0.5) is 5.69 Å². The number of rotatable bonds is 6. The van der Waals surface area contributed by atoms with E-state index in [2.05, 4.69) is 20.5 Å². The van der Waals surface area contributed by atoms with Gasteiger partial charge in [-0.15, -0.1) is 0 Å². The highest BCUT2D eigenvalue weighted by molar-refractivity contribution is 6.05. The van der Waals surface area contributed by atoms with Gasteiger partial charge in [-0.3, -0.25) is 14.9 Å². The lowest BCUT2D eigenvalue weighted by molar-refractivity contribution is 0.102. The number of aromatic nitrogens is 3. The zero-order chi connectivity index (χ0) is 20.1. The predicted octanol–water partition coefficient (Wildman–Crippen LogP) is 4.61. The molecule has 0 atom stereocenters. The minimum absolute atomic E-state index is 0.172. The first-order chi connectivity index (χ1) is 14.2. The maximum absolute atomic E-state index is 12.7. The van der Waals surface area contributed by atoms with Crippen LogP contribution in [0.2, 0.25) is 0 Å². The van der Waals surface area contributed by atoms with Gasteiger partial charge in [0.05, 0.1) is 11.9 Å². The van der Waals surface area contributed by atoms with E-state index in [1.807, 2.05) is 49.5 Å². The molecular formula is C23H20N4O2. The third kappa shape index (κ3) is 4.50. The van der Waals surface area contributed by atoms with Gasteiger partial charge in [-0.1, -0.05) is 18.2 Å². The summed E-state index contributed by atoms with van der Waals surface area (Å²) in [5, 5.41) is 9.76. The van der Waals surface area contributed by atoms with Crippen molar-refractivity contribution in [3.8, 4) is 16.9 Å². The summed E-state index contributed by atoms with van der Waals surface area (Å²) in [5.41, 5.74) is 5.11. The molecule has 0 bridgehead atoms. The van der Waals surface area contributed by atoms with Crippen molar-refractivity contribution in [1.82, 2.24) is 15.2 Å². The van der Waals surface area contributed by atoms with Crippen LogP contribution in [0.3, 0.4) is 0 Å². The molecule has 29 heavy (non-hydrogen) atoms. The number of nitrogens with one attached hydrogen (secondary N) is 2. The highest BCUT2D eigenvalue weighted by atomic mass is 16.5. The van der Waals surface area contributed by atoms with E-state index in [4.69, 9.17) is 4.74 Å². The lowest BCUT2D eigenvalue weighted by Gasteiger charge is -2.11. The fraction of sp³-hybridized carbons (Fsp3) is 0.0870. The second kappa shape index (κ2) is 8.39. The van der Waals surface area contributed by atoms with Gasteiger partial charge in [-0.25, -0.2) is 0 Å². The lowest BCUT2D eigenvalue weighted by Crippen LogP contribution is -2.12. The molecule has 0 aliphatic carbocycles. The molecule has 2 N–H and O–H groups in total. The molecule has 2 aromatic carbocycles. The normalized spacial score (nSPS) is 10.5. The Morgan fingerprint density at radius 1 is 1.07 bits per heavy atom. The van der Waals surface area contributed by atoms with Crippen LogP contribution >= 0.6 is 0 Å². The Labute approximate surface area is 168 Å². The van der Waals surface area contributed by atoms with Crippen molar-refractivity contribution < 1.29 is 9.53 Å². The van der Waals surface area contributed by atoms with Crippen LogP contribution in [0, 0.1) is 6.92 Å². The molecule has 144 valence electrons. The zero-order valence-corrected chi connectivity index (χ0v) is 15.9. The van der Waals surface area contributed by atoms with Crippen LogP contribution in [0.1, 0.15) is 21.6 Å². The van der Waals surface area contributed by atoms with Gasteiger partial charge in [0, 0.05) is 29.2 Å². The first-order valence-electron chi connectivity index (χ1n) is 9.23. The molecule has 6 nitrogen and oxygen atoms in total. The fourth-order valence-corrected chi connectivity index (χ4v) is 2.88. The molecular weight excluding hydrogens is 364 g/mol. The number of pyridine rings is 1. The Morgan fingerprint density at radius 3 is 2.66 bits per heavy atom. The van der Waals surface area contributed by atoms with Crippen molar-refractivity contribution in [2.45, 2.75) is 13.5 Å². The summed E-state index contributed by atoms with van der Waals surface area (Å²) in [6.45, 7) is 2.34. The Balaban J connectivity index is 1.43. The molecule has 0 aliphatic heterocycles. The van der Waals surface area contributed by atoms with Crippen molar-refractivity contribution in [2.24, 2.45) is 0 Å². The summed E-state index contributed by atoms with van der Waals surface area (Å²) >= 11 is 0. The van der Waals surface area contributed by atoms with Crippen molar-refractivity contribution >= 4 is 11.6 Å². The number of hydrogen-bond acceptors (Lipinski definition) is 4. The van der Waals surface area contributed by atoms with E-state index in [9.17, 15) is 4.79 Å². The van der Waals surface area contributed by atoms with E-state index < -0.39 is 0 Å². The van der Waals surface area contributed by atoms with Crippen LogP contribution in [0.5, 0.6) is 5.75 Å². The standard InChI is InChI=1S/C23H20N4O2/c1-16-5-6-18(19-13-25-26-14-19)12-22(16)27-23(28)17-7-9-21(10-8-17)29-15-20-4-2-3-11-24-20/h2-14H,15H2,1H3,(H,25,26)(H,27,28). The van der Waals surface area contributed by atoms with Gasteiger partial charge in [-0.2, -0.15) is 5.10 Å². The summed E-state index contributed by atoms with van der Waals surface area (Å²) < 4.78 is 5.72. The Hall–Kier alpha value is -3.93. The predicted molar refractivity (Wildman–Crippen MR) is 112 cm³/mol. The van der Waals surface area contributed by atoms with E-state index in [0.717, 1.165) is 28.1 Å². The van der Waals surface area contributed by atoms with E-state index in [0.29, 0.717) is 17.9 Å². The average molecular weight is 384 g/mol. The van der Waals surface area contributed by atoms with Gasteiger partial charge in [0.1, 0.15) is 12.4 Å². The fourth-order valence-electron chi connectivity index (χ4n) is 2.88. The van der Waals surface area contributed by atoms with Crippen LogP contribution < -0.4 is 10.1 Å². The quantitative estimate of drug-likeness (QED) is 0.509. The van der Waals surface area contributed by atoms with Crippen molar-refractivity contribution in [3.63, 3.8) is 0 Å². The molecule has 4 aromatic rings. The maximum Gasteiger partial charge on any atom is 0.255 e. The number of aromatic amines is 1. The lowest BCUT2D eigenvalue weighted by atomic mass is 10.1. The van der Waals surface area contributed by atoms with Gasteiger partial charge in [-0.05, 0) is 60.5 Å². The van der Waals surface area contributed by atoms with Gasteiger partial charge in [0.15, 0.2) is 0 Å². The highest BCUT2D eigenvalue weighted by Gasteiger charge is 2.10. The van der Waals surface area contributed by atoms with E-state index >= 15 is 0 Å². The number of carbonyl (C=O) groups is 1. The minimum Gasteiger partial charge on any atom is -0.487 e. The highest BCUT2D eigenvalue weighted by Crippen LogP contribution is 2.25. The Bertz CT molecular complexity index is 1090. The molecule has 0 radical (unpaired) electrons. The second-order valence-corrected chi connectivity index (χ2v) is 6.60. The van der Waals surface area contributed by atoms with Gasteiger partial charge >= 0.3 is 0 Å². The summed E-state index contributed by atoms with van der Waals surface area (Å²) in [6, 6.07) is 18.7. The molecule has 2 aromatic heterocycles. The van der Waals surface area contributed by atoms with Crippen LogP contribution in [0.15, 0.2) is 79.3 Å². The number of anilines is 1. The number of aryl methyl sites for hydroxylation is 1. The molecule has 2 heterocycles. The molecule has 0 fully saturated rings. The van der Waals surface area contributed by atoms with E-state index in [-0.39, 0.29) is 5.91 Å². The van der Waals surface area contributed by atoms with Crippen molar-refractivity contribution in [2.75, 3.05) is 5.32 Å². The number of amides is 1. The molecule has 6 heteroatoms. The molecule has 0 aliphatic rings. The minimum atomic E-state index is -0.172. The van der Waals surface area contributed by atoms with Gasteiger partial charge in [0.2, 0.25) is 0 Å². The smallest absolute Gasteiger partial charge is 0.255 e. The Morgan fingerprint density at radius 2 is 1.93 bits per heavy atom. The molecule has 0 saturated carbocycles. The third-order valence-electron chi connectivity index (χ3n) is 4.55. The number of hydrogen-bond donors (Lipinski definition) is 2. The summed E-state index contributed by atoms with van der Waals surface area (Å²) in [4.78, 5) is 16.9. The third-order valence-corrected chi connectivity index (χ3v) is 4.55. The summed E-state index contributed by atoms with van der Waals surface area (Å²) in [5.74, 6) is 0.513. The van der Waals surface area contributed by atoms with Gasteiger partial charge < -0.3 is 10.1 Å². The second-order valence-electron chi connectivity index (χ2n) is 6.60. The largest absolute Gasteiger partial charge is 0.487 e. The molecule has 4 rings (SSSR count). The monoisotopic (exact) mass is 384 g/mol. The number of ether oxygens (including phenoxy) is 1. The first kappa shape index (κ1) is 18.4. The van der Waals surface area contributed by atoms with Crippen molar-refractivity contribution in [3.05, 3.63) is 96.1 Å². The van der Waals surface area contributed by atoms with E-state index in [1.165, 1.54) is 0 Å². The topological polar surface area (TPSA) is 79.9 Å². The number of carbonyl (C=O) groups excluding carboxylic acids is 1. The van der Waals surface area contributed by atoms with Crippen LogP contribution in [-0.2, 0) is 6.61 Å². The number of benzene rings is 2. The summed E-state index contributed by atoms with van der Waals surface area (Å²) in [6.07, 6.45) is 5.30. The van der Waals surface area contributed by atoms with Crippen LogP contribution in [0.25, 0.3) is 11.1 Å².